The summed E-state index contributed by atoms with van der Waals surface area (Å²) in [5.74, 6) is 0.413. The first-order valence-corrected chi connectivity index (χ1v) is 9.54. The zero-order valence-electron chi connectivity index (χ0n) is 15.3. The Labute approximate surface area is 166 Å². The van der Waals surface area contributed by atoms with E-state index in [0.29, 0.717) is 28.8 Å². The maximum atomic E-state index is 13.1. The van der Waals surface area contributed by atoms with Crippen LogP contribution in [0.1, 0.15) is 11.3 Å². The molecule has 6 nitrogen and oxygen atoms in total. The van der Waals surface area contributed by atoms with Crippen LogP contribution in [0.5, 0.6) is 5.75 Å². The molecule has 3 rings (SSSR count). The van der Waals surface area contributed by atoms with E-state index in [1.165, 1.54) is 23.9 Å². The number of rotatable bonds is 8. The number of aromatic nitrogens is 2. The van der Waals surface area contributed by atoms with Crippen LogP contribution in [0.2, 0.25) is 0 Å². The number of benzene rings is 2. The number of halogens is 1. The molecule has 0 fully saturated rings. The van der Waals surface area contributed by atoms with Crippen molar-refractivity contribution in [3.63, 3.8) is 0 Å². The monoisotopic (exact) mass is 401 g/mol. The number of ether oxygens (including phenoxy) is 1. The van der Waals surface area contributed by atoms with Gasteiger partial charge < -0.3 is 19.7 Å². The lowest BCUT2D eigenvalue weighted by Gasteiger charge is -2.08. The first-order valence-electron chi connectivity index (χ1n) is 8.55. The van der Waals surface area contributed by atoms with E-state index in [0.717, 1.165) is 5.56 Å². The Kier molecular flexibility index (Phi) is 6.67. The van der Waals surface area contributed by atoms with Crippen molar-refractivity contribution in [2.45, 2.75) is 18.3 Å². The van der Waals surface area contributed by atoms with Crippen LogP contribution < -0.4 is 10.1 Å². The highest BCUT2D eigenvalue weighted by molar-refractivity contribution is 7.99. The summed E-state index contributed by atoms with van der Waals surface area (Å²) in [6, 6.07) is 13.2. The quantitative estimate of drug-likeness (QED) is 0.567. The maximum absolute atomic E-state index is 13.1. The predicted octanol–water partition coefficient (Wildman–Crippen LogP) is 3.30. The molecule has 0 bridgehead atoms. The maximum Gasteiger partial charge on any atom is 0.234 e. The molecule has 28 heavy (non-hydrogen) atoms. The van der Waals surface area contributed by atoms with Gasteiger partial charge in [0.05, 0.1) is 25.2 Å². The van der Waals surface area contributed by atoms with Crippen molar-refractivity contribution in [3.8, 4) is 5.75 Å². The number of amides is 1. The van der Waals surface area contributed by atoms with Gasteiger partial charge in [-0.1, -0.05) is 23.9 Å². The molecular formula is C20H20FN3O3S. The summed E-state index contributed by atoms with van der Waals surface area (Å²) in [4.78, 5) is 16.6. The molecule has 2 N–H and O–H groups in total. The molecule has 1 aromatic heterocycles. The minimum absolute atomic E-state index is 0.164. The third kappa shape index (κ3) is 5.34. The number of anilines is 1. The molecule has 1 amide bonds. The van der Waals surface area contributed by atoms with Crippen molar-refractivity contribution in [2.24, 2.45) is 0 Å². The van der Waals surface area contributed by atoms with Gasteiger partial charge >= 0.3 is 0 Å². The number of carbonyl (C=O) groups excluding carboxylic acids is 1. The molecule has 0 radical (unpaired) electrons. The number of imidazole rings is 1. The lowest BCUT2D eigenvalue weighted by Crippen LogP contribution is -2.14. The van der Waals surface area contributed by atoms with E-state index in [1.54, 1.807) is 49.7 Å². The molecule has 0 saturated heterocycles. The predicted molar refractivity (Wildman–Crippen MR) is 106 cm³/mol. The Hall–Kier alpha value is -2.84. The zero-order chi connectivity index (χ0) is 19.9. The number of nitrogens with one attached hydrogen (secondary N) is 1. The highest BCUT2D eigenvalue weighted by Gasteiger charge is 2.12. The minimum Gasteiger partial charge on any atom is -0.497 e. The zero-order valence-corrected chi connectivity index (χ0v) is 16.1. The Morgan fingerprint density at radius 3 is 2.57 bits per heavy atom. The molecule has 0 unspecified atom stereocenters. The number of carbonyl (C=O) groups is 1. The van der Waals surface area contributed by atoms with Gasteiger partial charge in [0.15, 0.2) is 5.16 Å². The molecule has 146 valence electrons. The molecule has 0 aliphatic rings. The highest BCUT2D eigenvalue weighted by atomic mass is 32.2. The molecule has 1 heterocycles. The summed E-state index contributed by atoms with van der Waals surface area (Å²) >= 11 is 1.27. The fourth-order valence-electron chi connectivity index (χ4n) is 2.54. The first-order chi connectivity index (χ1) is 13.6. The van der Waals surface area contributed by atoms with Crippen LogP contribution in [-0.4, -0.2) is 33.4 Å². The van der Waals surface area contributed by atoms with E-state index < -0.39 is 0 Å². The van der Waals surface area contributed by atoms with Crippen molar-refractivity contribution in [1.82, 2.24) is 9.55 Å². The lowest BCUT2D eigenvalue weighted by molar-refractivity contribution is -0.113. The fourth-order valence-corrected chi connectivity index (χ4v) is 3.34. The first kappa shape index (κ1) is 19.9. The van der Waals surface area contributed by atoms with E-state index in [1.807, 2.05) is 4.57 Å². The summed E-state index contributed by atoms with van der Waals surface area (Å²) in [5, 5.41) is 12.8. The van der Waals surface area contributed by atoms with Gasteiger partial charge in [0.25, 0.3) is 0 Å². The summed E-state index contributed by atoms with van der Waals surface area (Å²) in [7, 11) is 1.58. The van der Waals surface area contributed by atoms with Gasteiger partial charge in [-0.15, -0.1) is 0 Å². The number of nitrogens with zero attached hydrogens (tertiary/aromatic N) is 2. The SMILES string of the molecule is COc1ccc(NC(=O)CSc2nc(CO)cn2Cc2ccc(F)cc2)cc1. The molecule has 0 saturated carbocycles. The van der Waals surface area contributed by atoms with Crippen molar-refractivity contribution in [1.29, 1.82) is 0 Å². The van der Waals surface area contributed by atoms with Crippen LogP contribution in [0.25, 0.3) is 0 Å². The van der Waals surface area contributed by atoms with Crippen LogP contribution in [-0.2, 0) is 17.9 Å². The van der Waals surface area contributed by atoms with Gasteiger partial charge in [0.2, 0.25) is 5.91 Å². The molecule has 0 spiro atoms. The number of hydrogen-bond acceptors (Lipinski definition) is 5. The normalized spacial score (nSPS) is 10.7. The van der Waals surface area contributed by atoms with Crippen molar-refractivity contribution >= 4 is 23.4 Å². The summed E-state index contributed by atoms with van der Waals surface area (Å²) < 4.78 is 20.0. The smallest absolute Gasteiger partial charge is 0.234 e. The second kappa shape index (κ2) is 9.38. The van der Waals surface area contributed by atoms with Crippen molar-refractivity contribution in [2.75, 3.05) is 18.2 Å². The average Bonchev–Trinajstić information content (AvgIpc) is 3.10. The summed E-state index contributed by atoms with van der Waals surface area (Å²) in [6.45, 7) is 0.276. The van der Waals surface area contributed by atoms with Gasteiger partial charge in [0.1, 0.15) is 11.6 Å². The molecule has 3 aromatic rings. The van der Waals surface area contributed by atoms with Crippen LogP contribution in [0.3, 0.4) is 0 Å². The molecule has 8 heteroatoms. The summed E-state index contributed by atoms with van der Waals surface area (Å²) in [6.07, 6.45) is 1.73. The Bertz CT molecular complexity index is 927. The molecule has 2 aromatic carbocycles. The van der Waals surface area contributed by atoms with E-state index in [2.05, 4.69) is 10.3 Å². The van der Waals surface area contributed by atoms with Gasteiger partial charge in [-0.25, -0.2) is 9.37 Å². The van der Waals surface area contributed by atoms with Crippen molar-refractivity contribution in [3.05, 3.63) is 71.8 Å². The standard InChI is InChI=1S/C20H20FN3O3S/c1-27-18-8-6-16(7-9-18)22-19(26)13-28-20-23-17(12-25)11-24(20)10-14-2-4-15(21)5-3-14/h2-9,11,25H,10,12-13H2,1H3,(H,22,26). The third-order valence-corrected chi connectivity index (χ3v) is 4.91. The van der Waals surface area contributed by atoms with E-state index >= 15 is 0 Å². The second-order valence-electron chi connectivity index (χ2n) is 5.99. The van der Waals surface area contributed by atoms with Crippen molar-refractivity contribution < 1.29 is 19.0 Å². The van der Waals surface area contributed by atoms with E-state index in [-0.39, 0.29) is 24.1 Å². The Morgan fingerprint density at radius 1 is 1.21 bits per heavy atom. The fraction of sp³-hybridized carbons (Fsp3) is 0.200. The lowest BCUT2D eigenvalue weighted by atomic mass is 10.2. The number of thioether (sulfide) groups is 1. The average molecular weight is 401 g/mol. The van der Waals surface area contributed by atoms with Gasteiger partial charge in [-0.05, 0) is 42.0 Å². The van der Waals surface area contributed by atoms with Gasteiger partial charge in [-0.3, -0.25) is 4.79 Å². The van der Waals surface area contributed by atoms with E-state index in [4.69, 9.17) is 4.74 Å². The Balaban J connectivity index is 1.63. The van der Waals surface area contributed by atoms with Gasteiger partial charge in [-0.2, -0.15) is 0 Å². The summed E-state index contributed by atoms with van der Waals surface area (Å²) in [5.41, 5.74) is 2.09. The minimum atomic E-state index is -0.296. The Morgan fingerprint density at radius 2 is 1.93 bits per heavy atom. The largest absolute Gasteiger partial charge is 0.497 e. The van der Waals surface area contributed by atoms with Crippen LogP contribution in [0.4, 0.5) is 10.1 Å². The molecule has 0 atom stereocenters. The van der Waals surface area contributed by atoms with E-state index in [9.17, 15) is 14.3 Å². The third-order valence-electron chi connectivity index (χ3n) is 3.92. The number of methoxy groups -OCH3 is 1. The highest BCUT2D eigenvalue weighted by Crippen LogP contribution is 2.21. The second-order valence-corrected chi connectivity index (χ2v) is 6.94. The van der Waals surface area contributed by atoms with Gasteiger partial charge in [0, 0.05) is 18.4 Å². The molecule has 0 aliphatic heterocycles. The number of aliphatic hydroxyl groups is 1. The molecular weight excluding hydrogens is 381 g/mol. The van der Waals surface area contributed by atoms with Crippen LogP contribution in [0.15, 0.2) is 59.9 Å². The van der Waals surface area contributed by atoms with Crippen LogP contribution >= 0.6 is 11.8 Å². The number of aliphatic hydroxyl groups excluding tert-OH is 1. The topological polar surface area (TPSA) is 76.4 Å². The molecule has 0 aliphatic carbocycles. The number of hydrogen-bond donors (Lipinski definition) is 2. The van der Waals surface area contributed by atoms with Crippen LogP contribution in [0, 0.1) is 5.82 Å².